The molecule has 0 radical (unpaired) electrons. The van der Waals surface area contributed by atoms with Gasteiger partial charge in [0.05, 0.1) is 6.10 Å². The Morgan fingerprint density at radius 2 is 2.00 bits per heavy atom. The first-order valence-corrected chi connectivity index (χ1v) is 5.81. The summed E-state index contributed by atoms with van der Waals surface area (Å²) in [5.41, 5.74) is 0.269. The number of aliphatic hydroxyl groups is 1. The zero-order chi connectivity index (χ0) is 9.47. The molecule has 13 heavy (non-hydrogen) atoms. The summed E-state index contributed by atoms with van der Waals surface area (Å²) in [4.78, 5) is 0. The quantitative estimate of drug-likeness (QED) is 0.610. The Hall–Kier alpha value is -0.0400. The first-order valence-electron chi connectivity index (χ1n) is 5.81. The molecule has 1 N–H and O–H groups in total. The van der Waals surface area contributed by atoms with Crippen molar-refractivity contribution in [3.63, 3.8) is 0 Å². The zero-order valence-electron chi connectivity index (χ0n) is 8.92. The highest BCUT2D eigenvalue weighted by Crippen LogP contribution is 2.51. The highest BCUT2D eigenvalue weighted by Gasteiger charge is 2.45. The Morgan fingerprint density at radius 3 is 2.77 bits per heavy atom. The number of fused-ring (bicyclic) bond motifs is 1. The van der Waals surface area contributed by atoms with E-state index < -0.39 is 0 Å². The molecule has 0 aliphatic heterocycles. The third kappa shape index (κ3) is 1.52. The van der Waals surface area contributed by atoms with E-state index in [0.29, 0.717) is 0 Å². The Balaban J connectivity index is 2.13. The molecule has 2 saturated carbocycles. The van der Waals surface area contributed by atoms with Crippen LogP contribution in [-0.2, 0) is 0 Å². The smallest absolute Gasteiger partial charge is 0.0596 e. The number of hydrogen-bond donors (Lipinski definition) is 1. The third-order valence-corrected chi connectivity index (χ3v) is 4.59. The third-order valence-electron chi connectivity index (χ3n) is 4.59. The molecule has 2 rings (SSSR count). The monoisotopic (exact) mass is 182 g/mol. The van der Waals surface area contributed by atoms with Gasteiger partial charge in [-0.15, -0.1) is 0 Å². The van der Waals surface area contributed by atoms with Gasteiger partial charge in [-0.05, 0) is 42.9 Å². The van der Waals surface area contributed by atoms with Crippen LogP contribution in [0.3, 0.4) is 0 Å². The van der Waals surface area contributed by atoms with E-state index in [2.05, 4.69) is 13.8 Å². The molecule has 1 heteroatoms. The van der Waals surface area contributed by atoms with E-state index in [9.17, 15) is 5.11 Å². The molecular weight excluding hydrogens is 160 g/mol. The SMILES string of the molecule is CC1CC[C@]2(C)C(O)CCC[C@@H]2C1. The molecule has 0 amide bonds. The Morgan fingerprint density at radius 1 is 1.23 bits per heavy atom. The van der Waals surface area contributed by atoms with Crippen LogP contribution in [0.15, 0.2) is 0 Å². The van der Waals surface area contributed by atoms with Crippen LogP contribution >= 0.6 is 0 Å². The van der Waals surface area contributed by atoms with E-state index in [0.717, 1.165) is 18.3 Å². The van der Waals surface area contributed by atoms with Crippen molar-refractivity contribution < 1.29 is 5.11 Å². The van der Waals surface area contributed by atoms with E-state index in [4.69, 9.17) is 0 Å². The fourth-order valence-corrected chi connectivity index (χ4v) is 3.41. The molecule has 2 aliphatic carbocycles. The van der Waals surface area contributed by atoms with Gasteiger partial charge in [0.25, 0.3) is 0 Å². The molecule has 0 heterocycles. The molecule has 0 aromatic heterocycles. The minimum absolute atomic E-state index is 0.0150. The van der Waals surface area contributed by atoms with Crippen molar-refractivity contribution in [1.29, 1.82) is 0 Å². The molecule has 0 spiro atoms. The van der Waals surface area contributed by atoms with Crippen LogP contribution in [0.1, 0.15) is 52.4 Å². The van der Waals surface area contributed by atoms with Gasteiger partial charge in [0.2, 0.25) is 0 Å². The molecular formula is C12H22O. The fraction of sp³-hybridized carbons (Fsp3) is 1.00. The van der Waals surface area contributed by atoms with Crippen molar-refractivity contribution in [2.75, 3.05) is 0 Å². The Labute approximate surface area is 81.5 Å². The summed E-state index contributed by atoms with van der Waals surface area (Å²) in [7, 11) is 0. The lowest BCUT2D eigenvalue weighted by Gasteiger charge is -2.50. The average Bonchev–Trinajstić information content (AvgIpc) is 2.09. The lowest BCUT2D eigenvalue weighted by atomic mass is 9.57. The molecule has 0 bridgehead atoms. The van der Waals surface area contributed by atoms with Gasteiger partial charge in [0.1, 0.15) is 0 Å². The second kappa shape index (κ2) is 3.27. The van der Waals surface area contributed by atoms with Crippen LogP contribution in [0.2, 0.25) is 0 Å². The largest absolute Gasteiger partial charge is 0.393 e. The normalized spacial score (nSPS) is 51.5. The second-order valence-electron chi connectivity index (χ2n) is 5.53. The predicted octanol–water partition coefficient (Wildman–Crippen LogP) is 2.97. The van der Waals surface area contributed by atoms with Crippen molar-refractivity contribution in [2.45, 2.75) is 58.5 Å². The highest BCUT2D eigenvalue weighted by molar-refractivity contribution is 4.95. The predicted molar refractivity (Wildman–Crippen MR) is 54.5 cm³/mol. The van der Waals surface area contributed by atoms with Gasteiger partial charge in [-0.25, -0.2) is 0 Å². The standard InChI is InChI=1S/C12H22O/c1-9-6-7-12(2)10(8-9)4-3-5-11(12)13/h9-11,13H,3-8H2,1-2H3/t9?,10-,11?,12+/m1/s1. The van der Waals surface area contributed by atoms with Crippen LogP contribution in [0, 0.1) is 17.3 Å². The molecule has 2 fully saturated rings. The van der Waals surface area contributed by atoms with Crippen molar-refractivity contribution >= 4 is 0 Å². The van der Waals surface area contributed by atoms with Crippen LogP contribution in [-0.4, -0.2) is 11.2 Å². The van der Waals surface area contributed by atoms with Gasteiger partial charge in [0, 0.05) is 0 Å². The van der Waals surface area contributed by atoms with Gasteiger partial charge in [0.15, 0.2) is 0 Å². The summed E-state index contributed by atoms with van der Waals surface area (Å²) in [6.45, 7) is 4.67. The van der Waals surface area contributed by atoms with Gasteiger partial charge in [-0.1, -0.05) is 26.7 Å². The highest BCUT2D eigenvalue weighted by atomic mass is 16.3. The van der Waals surface area contributed by atoms with Crippen LogP contribution in [0.4, 0.5) is 0 Å². The number of rotatable bonds is 0. The average molecular weight is 182 g/mol. The van der Waals surface area contributed by atoms with Gasteiger partial charge in [-0.3, -0.25) is 0 Å². The Kier molecular flexibility index (Phi) is 2.39. The fourth-order valence-electron chi connectivity index (χ4n) is 3.41. The van der Waals surface area contributed by atoms with Crippen LogP contribution in [0.25, 0.3) is 0 Å². The number of aliphatic hydroxyl groups excluding tert-OH is 1. The minimum Gasteiger partial charge on any atom is -0.393 e. The van der Waals surface area contributed by atoms with Crippen molar-refractivity contribution in [2.24, 2.45) is 17.3 Å². The molecule has 2 aliphatic rings. The van der Waals surface area contributed by atoms with Crippen molar-refractivity contribution in [1.82, 2.24) is 0 Å². The van der Waals surface area contributed by atoms with E-state index in [1.807, 2.05) is 0 Å². The molecule has 4 atom stereocenters. The van der Waals surface area contributed by atoms with Crippen LogP contribution in [0.5, 0.6) is 0 Å². The first-order chi connectivity index (χ1) is 6.13. The number of hydrogen-bond acceptors (Lipinski definition) is 1. The first kappa shape index (κ1) is 9.51. The summed E-state index contributed by atoms with van der Waals surface area (Å²) in [6.07, 6.45) is 7.56. The lowest BCUT2D eigenvalue weighted by molar-refractivity contribution is -0.0748. The molecule has 2 unspecified atom stereocenters. The molecule has 0 saturated heterocycles. The van der Waals surface area contributed by atoms with Crippen LogP contribution < -0.4 is 0 Å². The van der Waals surface area contributed by atoms with Gasteiger partial charge >= 0.3 is 0 Å². The zero-order valence-corrected chi connectivity index (χ0v) is 8.92. The van der Waals surface area contributed by atoms with E-state index in [1.54, 1.807) is 0 Å². The summed E-state index contributed by atoms with van der Waals surface area (Å²) in [5, 5.41) is 10.0. The second-order valence-corrected chi connectivity index (χ2v) is 5.53. The maximum absolute atomic E-state index is 10.0. The maximum atomic E-state index is 10.0. The summed E-state index contributed by atoms with van der Waals surface area (Å²) >= 11 is 0. The molecule has 0 aromatic carbocycles. The summed E-state index contributed by atoms with van der Waals surface area (Å²) in [5.74, 6) is 1.70. The van der Waals surface area contributed by atoms with Crippen molar-refractivity contribution in [3.8, 4) is 0 Å². The lowest BCUT2D eigenvalue weighted by Crippen LogP contribution is -2.45. The summed E-state index contributed by atoms with van der Waals surface area (Å²) < 4.78 is 0. The molecule has 76 valence electrons. The summed E-state index contributed by atoms with van der Waals surface area (Å²) in [6, 6.07) is 0. The van der Waals surface area contributed by atoms with E-state index in [1.165, 1.54) is 32.1 Å². The van der Waals surface area contributed by atoms with Gasteiger partial charge in [-0.2, -0.15) is 0 Å². The molecule has 1 nitrogen and oxygen atoms in total. The maximum Gasteiger partial charge on any atom is 0.0596 e. The Bertz CT molecular complexity index is 190. The topological polar surface area (TPSA) is 20.2 Å². The minimum atomic E-state index is -0.0150. The van der Waals surface area contributed by atoms with E-state index in [-0.39, 0.29) is 11.5 Å². The molecule has 0 aromatic rings. The van der Waals surface area contributed by atoms with Gasteiger partial charge < -0.3 is 5.11 Å². The van der Waals surface area contributed by atoms with Crippen molar-refractivity contribution in [3.05, 3.63) is 0 Å². The van der Waals surface area contributed by atoms with E-state index >= 15 is 0 Å².